The molecule has 1 amide bonds. The molecule has 2 aromatic rings. The van der Waals surface area contributed by atoms with Crippen LogP contribution in [0.5, 0.6) is 0 Å². The van der Waals surface area contributed by atoms with Crippen molar-refractivity contribution in [2.75, 3.05) is 33.2 Å². The van der Waals surface area contributed by atoms with Crippen molar-refractivity contribution >= 4 is 26.8 Å². The van der Waals surface area contributed by atoms with E-state index in [1.54, 1.807) is 25.4 Å². The average Bonchev–Trinajstić information content (AvgIpc) is 2.90. The number of aryl methyl sites for hydroxylation is 1. The van der Waals surface area contributed by atoms with Crippen molar-refractivity contribution in [3.8, 4) is 0 Å². The SMILES string of the molecule is CCn1cc(C(=O)NCCCN2C[C@@H](C)C[C@H](C)C2)c(=O)c2cc(S(=O)(=O)N(C)C3CCCCC3)ccc21. The van der Waals surface area contributed by atoms with Crippen LogP contribution in [0.2, 0.25) is 0 Å². The highest BCUT2D eigenvalue weighted by molar-refractivity contribution is 7.89. The number of carbonyl (C=O) groups excluding carboxylic acids is 1. The molecule has 38 heavy (non-hydrogen) atoms. The van der Waals surface area contributed by atoms with Crippen molar-refractivity contribution in [2.45, 2.75) is 83.2 Å². The van der Waals surface area contributed by atoms with Crippen LogP contribution >= 0.6 is 0 Å². The fourth-order valence-electron chi connectivity index (χ4n) is 6.34. The Kier molecular flexibility index (Phi) is 9.31. The standard InChI is InChI=1S/C29H44N4O4S/c1-5-33-20-26(29(35)30-14-9-15-32-18-21(2)16-22(3)19-32)28(34)25-17-24(12-13-27(25)33)38(36,37)31(4)23-10-7-6-8-11-23/h12-13,17,20-23H,5-11,14-16,18-19H2,1-4H3,(H,30,35)/t21-,22-/m0/s1. The van der Waals surface area contributed by atoms with Crippen molar-refractivity contribution in [3.05, 3.63) is 40.2 Å². The van der Waals surface area contributed by atoms with Crippen LogP contribution in [0.4, 0.5) is 0 Å². The average molecular weight is 545 g/mol. The summed E-state index contributed by atoms with van der Waals surface area (Å²) in [4.78, 5) is 29.1. The van der Waals surface area contributed by atoms with Crippen molar-refractivity contribution in [1.82, 2.24) is 19.1 Å². The molecular formula is C29H44N4O4S. The molecule has 0 spiro atoms. The minimum Gasteiger partial charge on any atom is -0.352 e. The van der Waals surface area contributed by atoms with Crippen LogP contribution in [0.25, 0.3) is 10.9 Å². The number of nitrogens with zero attached hydrogens (tertiary/aromatic N) is 3. The maximum Gasteiger partial charge on any atom is 0.256 e. The van der Waals surface area contributed by atoms with Gasteiger partial charge in [0, 0.05) is 50.9 Å². The highest BCUT2D eigenvalue weighted by atomic mass is 32.2. The monoisotopic (exact) mass is 544 g/mol. The lowest BCUT2D eigenvalue weighted by Gasteiger charge is -2.34. The Bertz CT molecular complexity index is 1290. The molecule has 0 radical (unpaired) electrons. The van der Waals surface area contributed by atoms with Gasteiger partial charge in [-0.3, -0.25) is 9.59 Å². The summed E-state index contributed by atoms with van der Waals surface area (Å²) in [6.45, 7) is 10.6. The number of sulfonamides is 1. The number of fused-ring (bicyclic) bond motifs is 1. The van der Waals surface area contributed by atoms with E-state index in [-0.39, 0.29) is 21.9 Å². The Balaban J connectivity index is 1.52. The molecule has 8 nitrogen and oxygen atoms in total. The molecule has 1 aromatic heterocycles. The molecule has 2 heterocycles. The van der Waals surface area contributed by atoms with Gasteiger partial charge in [-0.1, -0.05) is 33.1 Å². The van der Waals surface area contributed by atoms with Gasteiger partial charge in [-0.2, -0.15) is 4.31 Å². The normalized spacial score (nSPS) is 21.7. The van der Waals surface area contributed by atoms with Crippen molar-refractivity contribution < 1.29 is 13.2 Å². The Morgan fingerprint density at radius 1 is 1.11 bits per heavy atom. The molecule has 1 N–H and O–H groups in total. The fourth-order valence-corrected chi connectivity index (χ4v) is 7.78. The van der Waals surface area contributed by atoms with E-state index in [1.165, 1.54) is 16.8 Å². The molecule has 1 saturated heterocycles. The van der Waals surface area contributed by atoms with E-state index in [1.807, 2.05) is 11.5 Å². The van der Waals surface area contributed by atoms with Gasteiger partial charge in [-0.25, -0.2) is 8.42 Å². The largest absolute Gasteiger partial charge is 0.352 e. The maximum absolute atomic E-state index is 13.5. The Labute approximate surface area is 227 Å². The number of likely N-dealkylation sites (tertiary alicyclic amines) is 1. The molecular weight excluding hydrogens is 500 g/mol. The second-order valence-electron chi connectivity index (χ2n) is 11.5. The molecule has 0 unspecified atom stereocenters. The molecule has 1 aliphatic carbocycles. The molecule has 1 saturated carbocycles. The molecule has 2 fully saturated rings. The topological polar surface area (TPSA) is 91.7 Å². The van der Waals surface area contributed by atoms with Gasteiger partial charge in [0.25, 0.3) is 5.91 Å². The minimum atomic E-state index is -3.76. The third-order valence-corrected chi connectivity index (χ3v) is 10.2. The van der Waals surface area contributed by atoms with Gasteiger partial charge in [0.1, 0.15) is 5.56 Å². The first-order chi connectivity index (χ1) is 18.1. The molecule has 9 heteroatoms. The number of benzene rings is 1. The molecule has 2 atom stereocenters. The molecule has 0 bridgehead atoms. The third-order valence-electron chi connectivity index (χ3n) is 8.28. The van der Waals surface area contributed by atoms with E-state index in [2.05, 4.69) is 24.1 Å². The van der Waals surface area contributed by atoms with Crippen LogP contribution in [0.3, 0.4) is 0 Å². The molecule has 1 aromatic carbocycles. The highest BCUT2D eigenvalue weighted by Gasteiger charge is 2.30. The van der Waals surface area contributed by atoms with Crippen LogP contribution in [0.1, 0.15) is 76.1 Å². The number of hydrogen-bond acceptors (Lipinski definition) is 5. The predicted octanol–water partition coefficient (Wildman–Crippen LogP) is 4.07. The van der Waals surface area contributed by atoms with E-state index < -0.39 is 21.4 Å². The zero-order valence-electron chi connectivity index (χ0n) is 23.4. The van der Waals surface area contributed by atoms with Gasteiger partial charge >= 0.3 is 0 Å². The van der Waals surface area contributed by atoms with Crippen molar-refractivity contribution in [1.29, 1.82) is 0 Å². The van der Waals surface area contributed by atoms with E-state index in [4.69, 9.17) is 0 Å². The Morgan fingerprint density at radius 3 is 2.45 bits per heavy atom. The van der Waals surface area contributed by atoms with Crippen LogP contribution in [-0.4, -0.2) is 67.4 Å². The van der Waals surface area contributed by atoms with E-state index in [0.717, 1.165) is 58.2 Å². The Morgan fingerprint density at radius 2 is 1.79 bits per heavy atom. The second kappa shape index (κ2) is 12.3. The lowest BCUT2D eigenvalue weighted by molar-refractivity contribution is 0.0945. The molecule has 4 rings (SSSR count). The number of pyridine rings is 1. The number of amides is 1. The number of nitrogens with one attached hydrogen (secondary N) is 1. The number of carbonyl (C=O) groups is 1. The van der Waals surface area contributed by atoms with Gasteiger partial charge in [0.05, 0.1) is 10.4 Å². The number of hydrogen-bond donors (Lipinski definition) is 1. The summed E-state index contributed by atoms with van der Waals surface area (Å²) in [5.74, 6) is 0.969. The Hall–Kier alpha value is -2.23. The number of aromatic nitrogens is 1. The predicted molar refractivity (Wildman–Crippen MR) is 152 cm³/mol. The lowest BCUT2D eigenvalue weighted by atomic mass is 9.92. The molecule has 1 aliphatic heterocycles. The van der Waals surface area contributed by atoms with Gasteiger partial charge in [-0.15, -0.1) is 0 Å². The summed E-state index contributed by atoms with van der Waals surface area (Å²) >= 11 is 0. The van der Waals surface area contributed by atoms with Gasteiger partial charge in [-0.05, 0) is 69.2 Å². The highest BCUT2D eigenvalue weighted by Crippen LogP contribution is 2.28. The lowest BCUT2D eigenvalue weighted by Crippen LogP contribution is -2.40. The minimum absolute atomic E-state index is 0.0229. The first-order valence-corrected chi connectivity index (χ1v) is 15.7. The van der Waals surface area contributed by atoms with Crippen LogP contribution in [0.15, 0.2) is 34.1 Å². The first-order valence-electron chi connectivity index (χ1n) is 14.3. The quantitative estimate of drug-likeness (QED) is 0.481. The second-order valence-corrected chi connectivity index (χ2v) is 13.5. The number of piperidine rings is 1. The van der Waals surface area contributed by atoms with Crippen LogP contribution < -0.4 is 10.7 Å². The summed E-state index contributed by atoms with van der Waals surface area (Å²) in [6.07, 6.45) is 8.57. The fraction of sp³-hybridized carbons (Fsp3) is 0.655. The molecule has 210 valence electrons. The van der Waals surface area contributed by atoms with Gasteiger partial charge in [0.15, 0.2) is 0 Å². The summed E-state index contributed by atoms with van der Waals surface area (Å²) in [7, 11) is -2.12. The zero-order chi connectivity index (χ0) is 27.4. The van der Waals surface area contributed by atoms with Crippen LogP contribution in [-0.2, 0) is 16.6 Å². The zero-order valence-corrected chi connectivity index (χ0v) is 24.2. The van der Waals surface area contributed by atoms with Crippen molar-refractivity contribution in [3.63, 3.8) is 0 Å². The maximum atomic E-state index is 13.5. The molecule has 2 aliphatic rings. The van der Waals surface area contributed by atoms with E-state index in [0.29, 0.717) is 30.4 Å². The summed E-state index contributed by atoms with van der Waals surface area (Å²) in [6, 6.07) is 4.69. The number of rotatable bonds is 9. The van der Waals surface area contributed by atoms with E-state index >= 15 is 0 Å². The summed E-state index contributed by atoms with van der Waals surface area (Å²) < 4.78 is 30.2. The van der Waals surface area contributed by atoms with Crippen molar-refractivity contribution in [2.24, 2.45) is 11.8 Å². The van der Waals surface area contributed by atoms with Gasteiger partial charge in [0.2, 0.25) is 15.5 Å². The summed E-state index contributed by atoms with van der Waals surface area (Å²) in [5, 5.41) is 3.18. The van der Waals surface area contributed by atoms with Crippen LogP contribution in [0, 0.1) is 11.8 Å². The first kappa shape index (κ1) is 28.8. The third kappa shape index (κ3) is 6.32. The smallest absolute Gasteiger partial charge is 0.256 e. The van der Waals surface area contributed by atoms with E-state index in [9.17, 15) is 18.0 Å². The van der Waals surface area contributed by atoms with Gasteiger partial charge < -0.3 is 14.8 Å². The summed E-state index contributed by atoms with van der Waals surface area (Å²) in [5.41, 5.74) is 0.245.